The molecule has 6 nitrogen and oxygen atoms in total. The fraction of sp³-hybridized carbons (Fsp3) is 0.579. The van der Waals surface area contributed by atoms with Crippen molar-refractivity contribution in [1.82, 2.24) is 4.90 Å². The number of benzene rings is 1. The van der Waals surface area contributed by atoms with E-state index in [4.69, 9.17) is 4.74 Å². The zero-order valence-electron chi connectivity index (χ0n) is 15.9. The number of nitrogens with one attached hydrogen (secondary N) is 1. The predicted molar refractivity (Wildman–Crippen MR) is 99.9 cm³/mol. The van der Waals surface area contributed by atoms with Crippen molar-refractivity contribution >= 4 is 23.9 Å². The molecule has 0 bridgehead atoms. The van der Waals surface area contributed by atoms with Crippen LogP contribution >= 0.6 is 0 Å². The molecule has 1 aliphatic heterocycles. The fourth-order valence-corrected chi connectivity index (χ4v) is 3.13. The molecule has 26 heavy (non-hydrogen) atoms. The number of rotatable bonds is 5. The molecule has 1 aliphatic rings. The summed E-state index contributed by atoms with van der Waals surface area (Å²) in [6.45, 7) is 7.68. The SMILES string of the molecule is CN(CC1CCN(C(=O)OC(C)(C)C)CC1)c1ccc(F)cc1NC=O. The van der Waals surface area contributed by atoms with E-state index in [1.165, 1.54) is 12.1 Å². The molecule has 0 radical (unpaired) electrons. The Hall–Kier alpha value is -2.31. The molecule has 144 valence electrons. The van der Waals surface area contributed by atoms with Crippen molar-refractivity contribution in [3.8, 4) is 0 Å². The average Bonchev–Trinajstić information content (AvgIpc) is 2.54. The van der Waals surface area contributed by atoms with Crippen LogP contribution in [-0.2, 0) is 9.53 Å². The number of likely N-dealkylation sites (tertiary alicyclic amines) is 1. The molecule has 2 rings (SSSR count). The maximum Gasteiger partial charge on any atom is 0.410 e. The fourth-order valence-electron chi connectivity index (χ4n) is 3.13. The average molecular weight is 365 g/mol. The van der Waals surface area contributed by atoms with E-state index < -0.39 is 11.4 Å². The van der Waals surface area contributed by atoms with Gasteiger partial charge in [0.05, 0.1) is 11.4 Å². The van der Waals surface area contributed by atoms with E-state index in [-0.39, 0.29) is 6.09 Å². The van der Waals surface area contributed by atoms with Crippen molar-refractivity contribution in [3.63, 3.8) is 0 Å². The van der Waals surface area contributed by atoms with Gasteiger partial charge < -0.3 is 19.9 Å². The number of anilines is 2. The number of ether oxygens (including phenoxy) is 1. The molecular formula is C19H28FN3O3. The molecule has 1 aromatic rings. The van der Waals surface area contributed by atoms with Gasteiger partial charge in [0.15, 0.2) is 0 Å². The van der Waals surface area contributed by atoms with Crippen LogP contribution in [0.25, 0.3) is 0 Å². The monoisotopic (exact) mass is 365 g/mol. The Labute approximate surface area is 154 Å². The van der Waals surface area contributed by atoms with Crippen molar-refractivity contribution < 1.29 is 18.7 Å². The van der Waals surface area contributed by atoms with Crippen LogP contribution in [0.4, 0.5) is 20.6 Å². The van der Waals surface area contributed by atoms with E-state index in [1.54, 1.807) is 11.0 Å². The van der Waals surface area contributed by atoms with E-state index in [9.17, 15) is 14.0 Å². The molecule has 1 saturated heterocycles. The third-order valence-corrected chi connectivity index (χ3v) is 4.38. The van der Waals surface area contributed by atoms with Gasteiger partial charge in [0.2, 0.25) is 6.41 Å². The topological polar surface area (TPSA) is 61.9 Å². The van der Waals surface area contributed by atoms with Crippen molar-refractivity contribution in [2.45, 2.75) is 39.2 Å². The number of nitrogens with zero attached hydrogens (tertiary/aromatic N) is 2. The van der Waals surface area contributed by atoms with Gasteiger partial charge in [-0.3, -0.25) is 4.79 Å². The van der Waals surface area contributed by atoms with Crippen LogP contribution in [0.1, 0.15) is 33.6 Å². The van der Waals surface area contributed by atoms with Gasteiger partial charge in [-0.2, -0.15) is 0 Å². The van der Waals surface area contributed by atoms with Crippen LogP contribution in [0, 0.1) is 11.7 Å². The van der Waals surface area contributed by atoms with Crippen LogP contribution in [0.2, 0.25) is 0 Å². The van der Waals surface area contributed by atoms with Crippen LogP contribution in [0.5, 0.6) is 0 Å². The van der Waals surface area contributed by atoms with Gasteiger partial charge in [-0.1, -0.05) is 0 Å². The van der Waals surface area contributed by atoms with Gasteiger partial charge in [-0.05, 0) is 57.7 Å². The lowest BCUT2D eigenvalue weighted by molar-refractivity contribution is -0.105. The Bertz CT molecular complexity index is 637. The molecule has 2 amide bonds. The molecule has 0 saturated carbocycles. The Morgan fingerprint density at radius 2 is 2.04 bits per heavy atom. The highest BCUT2D eigenvalue weighted by Gasteiger charge is 2.27. The van der Waals surface area contributed by atoms with Crippen molar-refractivity contribution in [2.24, 2.45) is 5.92 Å². The molecular weight excluding hydrogens is 337 g/mol. The van der Waals surface area contributed by atoms with Crippen LogP contribution in [0.15, 0.2) is 18.2 Å². The van der Waals surface area contributed by atoms with Gasteiger partial charge in [0.25, 0.3) is 0 Å². The second-order valence-electron chi connectivity index (χ2n) is 7.71. The Morgan fingerprint density at radius 1 is 1.38 bits per heavy atom. The van der Waals surface area contributed by atoms with Crippen LogP contribution in [0.3, 0.4) is 0 Å². The first-order chi connectivity index (χ1) is 12.2. The zero-order chi connectivity index (χ0) is 19.3. The minimum atomic E-state index is -0.487. The maximum absolute atomic E-state index is 13.4. The quantitative estimate of drug-likeness (QED) is 0.812. The van der Waals surface area contributed by atoms with Gasteiger partial charge in [-0.25, -0.2) is 9.18 Å². The summed E-state index contributed by atoms with van der Waals surface area (Å²) in [4.78, 5) is 26.6. The molecule has 0 spiro atoms. The minimum Gasteiger partial charge on any atom is -0.444 e. The van der Waals surface area contributed by atoms with Gasteiger partial charge in [0, 0.05) is 26.7 Å². The molecule has 1 N–H and O–H groups in total. The second kappa shape index (κ2) is 8.38. The first kappa shape index (κ1) is 20.0. The summed E-state index contributed by atoms with van der Waals surface area (Å²) in [6, 6.07) is 4.36. The molecule has 1 heterocycles. The van der Waals surface area contributed by atoms with E-state index in [1.807, 2.05) is 32.7 Å². The summed E-state index contributed by atoms with van der Waals surface area (Å²) in [7, 11) is 1.92. The summed E-state index contributed by atoms with van der Waals surface area (Å²) in [5, 5.41) is 2.55. The maximum atomic E-state index is 13.4. The third kappa shape index (κ3) is 5.61. The first-order valence-corrected chi connectivity index (χ1v) is 8.88. The van der Waals surface area contributed by atoms with Gasteiger partial charge >= 0.3 is 6.09 Å². The van der Waals surface area contributed by atoms with E-state index in [0.717, 1.165) is 25.1 Å². The number of hydrogen-bond donors (Lipinski definition) is 1. The van der Waals surface area contributed by atoms with Crippen molar-refractivity contribution in [3.05, 3.63) is 24.0 Å². The lowest BCUT2D eigenvalue weighted by atomic mass is 9.96. The number of amides is 2. The van der Waals surface area contributed by atoms with Gasteiger partial charge in [0.1, 0.15) is 11.4 Å². The summed E-state index contributed by atoms with van der Waals surface area (Å²) in [5.74, 6) is 0.0185. The van der Waals surface area contributed by atoms with E-state index >= 15 is 0 Å². The lowest BCUT2D eigenvalue weighted by Crippen LogP contribution is -2.43. The highest BCUT2D eigenvalue weighted by molar-refractivity contribution is 5.81. The molecule has 0 aromatic heterocycles. The van der Waals surface area contributed by atoms with Gasteiger partial charge in [-0.15, -0.1) is 0 Å². The number of carbonyl (C=O) groups excluding carboxylic acids is 2. The molecule has 1 aromatic carbocycles. The highest BCUT2D eigenvalue weighted by Crippen LogP contribution is 2.28. The third-order valence-electron chi connectivity index (χ3n) is 4.38. The summed E-state index contributed by atoms with van der Waals surface area (Å²) in [6.07, 6.45) is 2.04. The smallest absolute Gasteiger partial charge is 0.410 e. The minimum absolute atomic E-state index is 0.264. The Morgan fingerprint density at radius 3 is 2.62 bits per heavy atom. The summed E-state index contributed by atoms with van der Waals surface area (Å²) >= 11 is 0. The standard InChI is InChI=1S/C19H28FN3O3/c1-19(2,3)26-18(25)23-9-7-14(8-10-23)12-22(4)17-6-5-15(20)11-16(17)21-13-24/h5-6,11,13-14H,7-10,12H2,1-4H3,(H,21,24). The largest absolute Gasteiger partial charge is 0.444 e. The Balaban J connectivity index is 1.91. The first-order valence-electron chi connectivity index (χ1n) is 8.88. The number of halogens is 1. The zero-order valence-corrected chi connectivity index (χ0v) is 15.9. The van der Waals surface area contributed by atoms with Crippen LogP contribution in [-0.4, -0.2) is 49.7 Å². The highest BCUT2D eigenvalue weighted by atomic mass is 19.1. The molecule has 0 atom stereocenters. The normalized spacial score (nSPS) is 15.5. The number of carbonyl (C=O) groups is 2. The van der Waals surface area contributed by atoms with Crippen molar-refractivity contribution in [1.29, 1.82) is 0 Å². The molecule has 0 unspecified atom stereocenters. The summed E-state index contributed by atoms with van der Waals surface area (Å²) < 4.78 is 18.8. The van der Waals surface area contributed by atoms with Crippen molar-refractivity contribution in [2.75, 3.05) is 36.9 Å². The predicted octanol–water partition coefficient (Wildman–Crippen LogP) is 3.48. The summed E-state index contributed by atoms with van der Waals surface area (Å²) in [5.41, 5.74) is 0.736. The van der Waals surface area contributed by atoms with E-state index in [2.05, 4.69) is 5.32 Å². The molecule has 1 fully saturated rings. The van der Waals surface area contributed by atoms with E-state index in [0.29, 0.717) is 31.1 Å². The second-order valence-corrected chi connectivity index (χ2v) is 7.71. The molecule has 0 aliphatic carbocycles. The Kier molecular flexibility index (Phi) is 6.45. The number of hydrogen-bond acceptors (Lipinski definition) is 4. The van der Waals surface area contributed by atoms with Crippen LogP contribution < -0.4 is 10.2 Å². The number of piperidine rings is 1. The lowest BCUT2D eigenvalue weighted by Gasteiger charge is -2.35. The molecule has 7 heteroatoms.